The van der Waals surface area contributed by atoms with Gasteiger partial charge >= 0.3 is 5.97 Å². The predicted octanol–water partition coefficient (Wildman–Crippen LogP) is 3.22. The number of furan rings is 1. The molecule has 6 nitrogen and oxygen atoms in total. The monoisotopic (exact) mass is 326 g/mol. The minimum atomic E-state index is -0.513. The number of aryl methyl sites for hydroxylation is 1. The summed E-state index contributed by atoms with van der Waals surface area (Å²) < 4.78 is 11.7. The molecule has 0 aliphatic rings. The number of benzene rings is 1. The van der Waals surface area contributed by atoms with Gasteiger partial charge in [-0.15, -0.1) is 0 Å². The van der Waals surface area contributed by atoms with Crippen LogP contribution in [-0.4, -0.2) is 23.6 Å². The molecule has 124 valence electrons. The first-order valence-corrected chi connectivity index (χ1v) is 7.66. The molecule has 0 unspecified atom stereocenters. The van der Waals surface area contributed by atoms with Crippen LogP contribution in [0.2, 0.25) is 0 Å². The molecule has 0 bridgehead atoms. The zero-order valence-electron chi connectivity index (χ0n) is 13.5. The van der Waals surface area contributed by atoms with Crippen LogP contribution in [0.15, 0.2) is 47.1 Å². The van der Waals surface area contributed by atoms with Crippen molar-refractivity contribution in [3.05, 3.63) is 53.9 Å². The Morgan fingerprint density at radius 1 is 1.21 bits per heavy atom. The van der Waals surface area contributed by atoms with Gasteiger partial charge in [-0.05, 0) is 24.1 Å². The van der Waals surface area contributed by atoms with E-state index in [1.165, 1.54) is 18.9 Å². The number of methoxy groups -OCH3 is 1. The topological polar surface area (TPSA) is 73.5 Å². The number of carbonyl (C=O) groups excluding carboxylic acids is 2. The van der Waals surface area contributed by atoms with Gasteiger partial charge in [-0.25, -0.2) is 4.79 Å². The Balaban J connectivity index is 1.81. The van der Waals surface area contributed by atoms with Gasteiger partial charge in [-0.2, -0.15) is 0 Å². The predicted molar refractivity (Wildman–Crippen MR) is 90.0 cm³/mol. The standard InChI is InChI=1S/C18H18N2O4/c1-3-12-4-6-13(7-5-12)19-17(21)11-20-14-8-9-24-16(14)10-15(20)18(22)23-2/h4-10H,3,11H2,1-2H3,(H,19,21). The van der Waals surface area contributed by atoms with E-state index in [-0.39, 0.29) is 18.1 Å². The molecule has 0 saturated heterocycles. The molecule has 3 aromatic rings. The fourth-order valence-electron chi connectivity index (χ4n) is 2.59. The Kier molecular flexibility index (Phi) is 4.37. The summed E-state index contributed by atoms with van der Waals surface area (Å²) in [6, 6.07) is 11.0. The van der Waals surface area contributed by atoms with Crippen LogP contribution in [0.25, 0.3) is 11.1 Å². The molecule has 0 aliphatic heterocycles. The number of hydrogen-bond donors (Lipinski definition) is 1. The van der Waals surface area contributed by atoms with Crippen molar-refractivity contribution in [1.29, 1.82) is 0 Å². The van der Waals surface area contributed by atoms with Gasteiger partial charge in [0.15, 0.2) is 5.58 Å². The number of amides is 1. The normalized spacial score (nSPS) is 10.8. The lowest BCUT2D eigenvalue weighted by atomic mass is 10.1. The molecule has 0 radical (unpaired) electrons. The van der Waals surface area contributed by atoms with E-state index in [0.717, 1.165) is 6.42 Å². The maximum absolute atomic E-state index is 12.3. The van der Waals surface area contributed by atoms with Crippen LogP contribution in [0, 0.1) is 0 Å². The van der Waals surface area contributed by atoms with Crippen LogP contribution < -0.4 is 5.32 Å². The van der Waals surface area contributed by atoms with Gasteiger partial charge in [0.05, 0.1) is 18.9 Å². The van der Waals surface area contributed by atoms with E-state index in [2.05, 4.69) is 12.2 Å². The summed E-state index contributed by atoms with van der Waals surface area (Å²) in [5.74, 6) is -0.746. The number of nitrogens with one attached hydrogen (secondary N) is 1. The van der Waals surface area contributed by atoms with Crippen LogP contribution in [0.5, 0.6) is 0 Å². The van der Waals surface area contributed by atoms with Crippen molar-refractivity contribution < 1.29 is 18.7 Å². The number of anilines is 1. The molecule has 3 rings (SSSR count). The summed E-state index contributed by atoms with van der Waals surface area (Å²) in [6.45, 7) is 2.06. The molecule has 6 heteroatoms. The molecule has 0 saturated carbocycles. The maximum atomic E-state index is 12.3. The summed E-state index contributed by atoms with van der Waals surface area (Å²) in [5, 5.41) is 2.83. The van der Waals surface area contributed by atoms with E-state index in [0.29, 0.717) is 16.8 Å². The maximum Gasteiger partial charge on any atom is 0.354 e. The number of hydrogen-bond acceptors (Lipinski definition) is 4. The zero-order chi connectivity index (χ0) is 17.1. The first-order chi connectivity index (χ1) is 11.6. The van der Waals surface area contributed by atoms with Gasteiger partial charge in [-0.1, -0.05) is 19.1 Å². The average molecular weight is 326 g/mol. The van der Waals surface area contributed by atoms with Crippen molar-refractivity contribution in [2.45, 2.75) is 19.9 Å². The Labute approximate surface area is 139 Å². The van der Waals surface area contributed by atoms with Gasteiger partial charge in [0.2, 0.25) is 5.91 Å². The van der Waals surface area contributed by atoms with Gasteiger partial charge in [0.25, 0.3) is 0 Å². The lowest BCUT2D eigenvalue weighted by Gasteiger charge is -2.10. The molecule has 2 heterocycles. The molecule has 1 amide bonds. The Morgan fingerprint density at radius 2 is 1.96 bits per heavy atom. The molecule has 2 aromatic heterocycles. The number of rotatable bonds is 5. The smallest absolute Gasteiger partial charge is 0.354 e. The molecular formula is C18H18N2O4. The van der Waals surface area contributed by atoms with Crippen LogP contribution in [0.1, 0.15) is 23.0 Å². The SMILES string of the molecule is CCc1ccc(NC(=O)Cn2c(C(=O)OC)cc3occc32)cc1. The van der Waals surface area contributed by atoms with Gasteiger partial charge < -0.3 is 19.0 Å². The second-order valence-electron chi connectivity index (χ2n) is 5.38. The number of nitrogens with zero attached hydrogens (tertiary/aromatic N) is 1. The molecule has 1 aromatic carbocycles. The second-order valence-corrected chi connectivity index (χ2v) is 5.38. The van der Waals surface area contributed by atoms with Crippen molar-refractivity contribution in [1.82, 2.24) is 4.57 Å². The Hall–Kier alpha value is -3.02. The van der Waals surface area contributed by atoms with Crippen LogP contribution >= 0.6 is 0 Å². The molecule has 24 heavy (non-hydrogen) atoms. The lowest BCUT2D eigenvalue weighted by Crippen LogP contribution is -2.21. The summed E-state index contributed by atoms with van der Waals surface area (Å²) in [6.07, 6.45) is 2.46. The van der Waals surface area contributed by atoms with Crippen LogP contribution in [0.4, 0.5) is 5.69 Å². The fourth-order valence-corrected chi connectivity index (χ4v) is 2.59. The number of fused-ring (bicyclic) bond motifs is 1. The minimum Gasteiger partial charge on any atom is -0.464 e. The van der Waals surface area contributed by atoms with Crippen molar-refractivity contribution in [2.75, 3.05) is 12.4 Å². The highest BCUT2D eigenvalue weighted by atomic mass is 16.5. The highest BCUT2D eigenvalue weighted by Gasteiger charge is 2.19. The number of ether oxygens (including phenoxy) is 1. The quantitative estimate of drug-likeness (QED) is 0.731. The Morgan fingerprint density at radius 3 is 2.62 bits per heavy atom. The fraction of sp³-hybridized carbons (Fsp3) is 0.222. The van der Waals surface area contributed by atoms with E-state index in [1.54, 1.807) is 16.7 Å². The highest BCUT2D eigenvalue weighted by molar-refractivity contribution is 5.97. The molecule has 0 aliphatic carbocycles. The Bertz CT molecular complexity index is 874. The summed E-state index contributed by atoms with van der Waals surface area (Å²) >= 11 is 0. The van der Waals surface area contributed by atoms with E-state index in [9.17, 15) is 9.59 Å². The van der Waals surface area contributed by atoms with Crippen molar-refractivity contribution in [2.24, 2.45) is 0 Å². The third-order valence-corrected chi connectivity index (χ3v) is 3.86. The van der Waals surface area contributed by atoms with Gasteiger partial charge in [0.1, 0.15) is 12.2 Å². The van der Waals surface area contributed by atoms with Gasteiger partial charge in [-0.3, -0.25) is 4.79 Å². The summed E-state index contributed by atoms with van der Waals surface area (Å²) in [4.78, 5) is 24.2. The van der Waals surface area contributed by atoms with Crippen molar-refractivity contribution in [3.63, 3.8) is 0 Å². The molecule has 0 fully saturated rings. The van der Waals surface area contributed by atoms with E-state index >= 15 is 0 Å². The third kappa shape index (κ3) is 3.03. The zero-order valence-corrected chi connectivity index (χ0v) is 13.5. The van der Waals surface area contributed by atoms with Crippen molar-refractivity contribution >= 4 is 28.7 Å². The average Bonchev–Trinajstić information content (AvgIpc) is 3.17. The first kappa shape index (κ1) is 15.9. The molecular weight excluding hydrogens is 308 g/mol. The van der Waals surface area contributed by atoms with Crippen LogP contribution in [-0.2, 0) is 22.5 Å². The minimum absolute atomic E-state index is 0.0109. The molecule has 0 spiro atoms. The molecule has 1 N–H and O–H groups in total. The lowest BCUT2D eigenvalue weighted by molar-refractivity contribution is -0.116. The summed E-state index contributed by atoms with van der Waals surface area (Å²) in [7, 11) is 1.30. The number of carbonyl (C=O) groups is 2. The third-order valence-electron chi connectivity index (χ3n) is 3.86. The van der Waals surface area contributed by atoms with E-state index < -0.39 is 5.97 Å². The largest absolute Gasteiger partial charge is 0.464 e. The number of aromatic nitrogens is 1. The van der Waals surface area contributed by atoms with E-state index in [1.807, 2.05) is 24.3 Å². The van der Waals surface area contributed by atoms with E-state index in [4.69, 9.17) is 9.15 Å². The number of esters is 1. The van der Waals surface area contributed by atoms with Gasteiger partial charge in [0, 0.05) is 17.8 Å². The second kappa shape index (κ2) is 6.62. The van der Waals surface area contributed by atoms with Crippen molar-refractivity contribution in [3.8, 4) is 0 Å². The summed E-state index contributed by atoms with van der Waals surface area (Å²) in [5.41, 5.74) is 3.41. The molecule has 0 atom stereocenters. The highest BCUT2D eigenvalue weighted by Crippen LogP contribution is 2.22. The van der Waals surface area contributed by atoms with Crippen LogP contribution in [0.3, 0.4) is 0 Å². The first-order valence-electron chi connectivity index (χ1n) is 7.66.